The van der Waals surface area contributed by atoms with Crippen LogP contribution in [0.3, 0.4) is 0 Å². The van der Waals surface area contributed by atoms with Crippen molar-refractivity contribution in [1.82, 2.24) is 5.32 Å². The SMILES string of the molecule is O=C(O)CC1(NC(=O)CCNc2ccccc2[N+](=O)[O-])CCOCC1. The summed E-state index contributed by atoms with van der Waals surface area (Å²) in [6, 6.07) is 6.18. The maximum atomic E-state index is 12.2. The molecule has 0 saturated carbocycles. The monoisotopic (exact) mass is 351 g/mol. The lowest BCUT2D eigenvalue weighted by Crippen LogP contribution is -2.53. The van der Waals surface area contributed by atoms with Crippen LogP contribution < -0.4 is 10.6 Å². The molecule has 3 N–H and O–H groups in total. The third-order valence-electron chi connectivity index (χ3n) is 4.11. The Hall–Kier alpha value is -2.68. The minimum Gasteiger partial charge on any atom is -0.481 e. The van der Waals surface area contributed by atoms with Gasteiger partial charge in [0.25, 0.3) is 5.69 Å². The molecule has 9 heteroatoms. The average molecular weight is 351 g/mol. The summed E-state index contributed by atoms with van der Waals surface area (Å²) in [7, 11) is 0. The highest BCUT2D eigenvalue weighted by Gasteiger charge is 2.36. The van der Waals surface area contributed by atoms with Crippen LogP contribution in [0.15, 0.2) is 24.3 Å². The summed E-state index contributed by atoms with van der Waals surface area (Å²) in [6.07, 6.45) is 0.819. The predicted octanol–water partition coefficient (Wildman–Crippen LogP) is 1.54. The molecule has 1 saturated heterocycles. The van der Waals surface area contributed by atoms with Gasteiger partial charge in [0.05, 0.1) is 16.9 Å². The van der Waals surface area contributed by atoms with Gasteiger partial charge in [-0.1, -0.05) is 12.1 Å². The van der Waals surface area contributed by atoms with Gasteiger partial charge in [0.15, 0.2) is 0 Å². The van der Waals surface area contributed by atoms with Gasteiger partial charge >= 0.3 is 5.97 Å². The Morgan fingerprint density at radius 2 is 1.96 bits per heavy atom. The van der Waals surface area contributed by atoms with Crippen LogP contribution >= 0.6 is 0 Å². The molecule has 0 radical (unpaired) electrons. The molecular formula is C16H21N3O6. The van der Waals surface area contributed by atoms with Gasteiger partial charge in [-0.05, 0) is 18.9 Å². The number of carbonyl (C=O) groups excluding carboxylic acids is 1. The van der Waals surface area contributed by atoms with Crippen molar-refractivity contribution in [3.63, 3.8) is 0 Å². The fourth-order valence-corrected chi connectivity index (χ4v) is 2.85. The predicted molar refractivity (Wildman–Crippen MR) is 89.4 cm³/mol. The third-order valence-corrected chi connectivity index (χ3v) is 4.11. The lowest BCUT2D eigenvalue weighted by atomic mass is 9.86. The van der Waals surface area contributed by atoms with Crippen LogP contribution in [-0.2, 0) is 14.3 Å². The van der Waals surface area contributed by atoms with Gasteiger partial charge in [0.1, 0.15) is 5.69 Å². The van der Waals surface area contributed by atoms with Crippen LogP contribution in [-0.4, -0.2) is 47.2 Å². The van der Waals surface area contributed by atoms with E-state index in [0.29, 0.717) is 31.7 Å². The van der Waals surface area contributed by atoms with Gasteiger partial charge < -0.3 is 20.5 Å². The smallest absolute Gasteiger partial charge is 0.305 e. The number of benzene rings is 1. The molecule has 2 rings (SSSR count). The van der Waals surface area contributed by atoms with E-state index in [4.69, 9.17) is 9.84 Å². The number of carboxylic acids is 1. The topological polar surface area (TPSA) is 131 Å². The number of aliphatic carboxylic acids is 1. The second-order valence-electron chi connectivity index (χ2n) is 5.96. The third kappa shape index (κ3) is 5.42. The molecular weight excluding hydrogens is 330 g/mol. The molecule has 25 heavy (non-hydrogen) atoms. The first-order valence-corrected chi connectivity index (χ1v) is 8.00. The maximum Gasteiger partial charge on any atom is 0.305 e. The fourth-order valence-electron chi connectivity index (χ4n) is 2.85. The summed E-state index contributed by atoms with van der Waals surface area (Å²) in [5, 5.41) is 25.7. The van der Waals surface area contributed by atoms with E-state index < -0.39 is 16.4 Å². The number of nitrogens with zero attached hydrogens (tertiary/aromatic N) is 1. The zero-order chi connectivity index (χ0) is 18.3. The first kappa shape index (κ1) is 18.7. The van der Waals surface area contributed by atoms with Crippen molar-refractivity contribution in [2.45, 2.75) is 31.2 Å². The Balaban J connectivity index is 1.89. The van der Waals surface area contributed by atoms with Gasteiger partial charge in [0, 0.05) is 32.2 Å². The summed E-state index contributed by atoms with van der Waals surface area (Å²) in [5.74, 6) is -1.27. The Bertz CT molecular complexity index is 643. The van der Waals surface area contributed by atoms with Gasteiger partial charge in [0.2, 0.25) is 5.91 Å². The summed E-state index contributed by atoms with van der Waals surface area (Å²) < 4.78 is 5.24. The lowest BCUT2D eigenvalue weighted by Gasteiger charge is -2.36. The van der Waals surface area contributed by atoms with Crippen LogP contribution in [0.4, 0.5) is 11.4 Å². The van der Waals surface area contributed by atoms with Crippen LogP contribution in [0.25, 0.3) is 0 Å². The van der Waals surface area contributed by atoms with Gasteiger partial charge in [-0.2, -0.15) is 0 Å². The Kier molecular flexibility index (Phi) is 6.29. The molecule has 1 heterocycles. The van der Waals surface area contributed by atoms with Crippen molar-refractivity contribution in [2.75, 3.05) is 25.1 Å². The van der Waals surface area contributed by atoms with E-state index in [-0.39, 0.29) is 31.0 Å². The van der Waals surface area contributed by atoms with E-state index in [9.17, 15) is 19.7 Å². The van der Waals surface area contributed by atoms with Crippen molar-refractivity contribution >= 4 is 23.3 Å². The number of nitrogens with one attached hydrogen (secondary N) is 2. The van der Waals surface area contributed by atoms with E-state index in [1.54, 1.807) is 18.2 Å². The molecule has 9 nitrogen and oxygen atoms in total. The Labute approximate surface area is 144 Å². The second-order valence-corrected chi connectivity index (χ2v) is 5.96. The van der Waals surface area contributed by atoms with Crippen molar-refractivity contribution in [1.29, 1.82) is 0 Å². The standard InChI is InChI=1S/C16H21N3O6/c20-14(18-16(11-15(21)22)6-9-25-10-7-16)5-8-17-12-3-1-2-4-13(12)19(23)24/h1-4,17H,5-11H2,(H,18,20)(H,21,22). The van der Waals surface area contributed by atoms with Crippen LogP contribution in [0.1, 0.15) is 25.7 Å². The summed E-state index contributed by atoms with van der Waals surface area (Å²) >= 11 is 0. The minimum absolute atomic E-state index is 0.0605. The second kappa shape index (κ2) is 8.43. The number of carbonyl (C=O) groups is 2. The molecule has 1 fully saturated rings. The maximum absolute atomic E-state index is 12.2. The number of anilines is 1. The van der Waals surface area contributed by atoms with Crippen LogP contribution in [0.2, 0.25) is 0 Å². The van der Waals surface area contributed by atoms with E-state index in [1.807, 2.05) is 0 Å². The zero-order valence-electron chi connectivity index (χ0n) is 13.7. The molecule has 1 aliphatic rings. The number of nitro benzene ring substituents is 1. The van der Waals surface area contributed by atoms with Crippen molar-refractivity contribution < 1.29 is 24.4 Å². The number of para-hydroxylation sites is 2. The highest BCUT2D eigenvalue weighted by atomic mass is 16.6. The van der Waals surface area contributed by atoms with E-state index in [1.165, 1.54) is 6.07 Å². The highest BCUT2D eigenvalue weighted by molar-refractivity contribution is 5.79. The molecule has 1 aromatic rings. The number of hydrogen-bond donors (Lipinski definition) is 3. The molecule has 0 aliphatic carbocycles. The Morgan fingerprint density at radius 3 is 2.60 bits per heavy atom. The molecule has 136 valence electrons. The van der Waals surface area contributed by atoms with E-state index >= 15 is 0 Å². The molecule has 0 spiro atoms. The number of amides is 1. The van der Waals surface area contributed by atoms with Crippen molar-refractivity contribution in [2.24, 2.45) is 0 Å². The number of nitro groups is 1. The normalized spacial score (nSPS) is 16.0. The minimum atomic E-state index is -0.972. The van der Waals surface area contributed by atoms with E-state index in [0.717, 1.165) is 0 Å². The number of carboxylic acid groups (broad SMARTS) is 1. The molecule has 1 amide bonds. The van der Waals surface area contributed by atoms with Crippen molar-refractivity contribution in [3.05, 3.63) is 34.4 Å². The van der Waals surface area contributed by atoms with Crippen molar-refractivity contribution in [3.8, 4) is 0 Å². The number of hydrogen-bond acceptors (Lipinski definition) is 6. The molecule has 0 bridgehead atoms. The van der Waals surface area contributed by atoms with Gasteiger partial charge in [-0.15, -0.1) is 0 Å². The van der Waals surface area contributed by atoms with E-state index in [2.05, 4.69) is 10.6 Å². The lowest BCUT2D eigenvalue weighted by molar-refractivity contribution is -0.384. The largest absolute Gasteiger partial charge is 0.481 e. The zero-order valence-corrected chi connectivity index (χ0v) is 13.7. The molecule has 1 aliphatic heterocycles. The van der Waals surface area contributed by atoms with Crippen LogP contribution in [0, 0.1) is 10.1 Å². The Morgan fingerprint density at radius 1 is 1.28 bits per heavy atom. The van der Waals surface area contributed by atoms with Gasteiger partial charge in [-0.25, -0.2) is 0 Å². The summed E-state index contributed by atoms with van der Waals surface area (Å²) in [6.45, 7) is 1.01. The molecule has 0 unspecified atom stereocenters. The first-order valence-electron chi connectivity index (χ1n) is 8.00. The molecule has 0 atom stereocenters. The fraction of sp³-hybridized carbons (Fsp3) is 0.500. The number of ether oxygens (including phenoxy) is 1. The highest BCUT2D eigenvalue weighted by Crippen LogP contribution is 2.25. The quantitative estimate of drug-likeness (QED) is 0.478. The molecule has 1 aromatic carbocycles. The van der Waals surface area contributed by atoms with Crippen LogP contribution in [0.5, 0.6) is 0 Å². The first-order chi connectivity index (χ1) is 11.9. The number of rotatable bonds is 8. The summed E-state index contributed by atoms with van der Waals surface area (Å²) in [5.41, 5.74) is -0.513. The molecule has 0 aromatic heterocycles. The summed E-state index contributed by atoms with van der Waals surface area (Å²) in [4.78, 5) is 33.7. The average Bonchev–Trinajstić information content (AvgIpc) is 2.55. The van der Waals surface area contributed by atoms with Gasteiger partial charge in [-0.3, -0.25) is 19.7 Å².